The molecule has 4 nitrogen and oxygen atoms in total. The van der Waals surface area contributed by atoms with Crippen LogP contribution in [0.5, 0.6) is 5.75 Å². The van der Waals surface area contributed by atoms with Crippen molar-refractivity contribution in [1.82, 2.24) is 5.32 Å². The van der Waals surface area contributed by atoms with Crippen LogP contribution in [0.25, 0.3) is 0 Å². The van der Waals surface area contributed by atoms with Gasteiger partial charge in [0.2, 0.25) is 0 Å². The number of amides is 1. The van der Waals surface area contributed by atoms with Gasteiger partial charge in [-0.2, -0.15) is 0 Å². The van der Waals surface area contributed by atoms with Gasteiger partial charge in [-0.05, 0) is 48.7 Å². The molecule has 144 valence electrons. The molecule has 1 aliphatic rings. The maximum Gasteiger partial charge on any atom is 0.257 e. The van der Waals surface area contributed by atoms with Gasteiger partial charge >= 0.3 is 0 Å². The second kappa shape index (κ2) is 8.91. The molecule has 0 radical (unpaired) electrons. The predicted molar refractivity (Wildman–Crippen MR) is 103 cm³/mol. The van der Waals surface area contributed by atoms with E-state index >= 15 is 0 Å². The SMILES string of the molecule is O=C(COc1ccc(Cl)cc1Cl)NCC1(c2ccc(F)cc2)CCOCC1. The maximum absolute atomic E-state index is 13.3. The van der Waals surface area contributed by atoms with E-state index in [9.17, 15) is 9.18 Å². The zero-order valence-electron chi connectivity index (χ0n) is 14.6. The summed E-state index contributed by atoms with van der Waals surface area (Å²) < 4.78 is 24.2. The summed E-state index contributed by atoms with van der Waals surface area (Å²) in [5.74, 6) is -0.136. The Balaban J connectivity index is 1.61. The fourth-order valence-electron chi connectivity index (χ4n) is 3.19. The van der Waals surface area contributed by atoms with Gasteiger partial charge < -0.3 is 14.8 Å². The topological polar surface area (TPSA) is 47.6 Å². The van der Waals surface area contributed by atoms with Crippen molar-refractivity contribution in [3.05, 3.63) is 63.9 Å². The Labute approximate surface area is 167 Å². The van der Waals surface area contributed by atoms with Gasteiger partial charge in [0.25, 0.3) is 5.91 Å². The Morgan fingerprint density at radius 2 is 1.85 bits per heavy atom. The van der Waals surface area contributed by atoms with Crippen LogP contribution < -0.4 is 10.1 Å². The molecule has 0 spiro atoms. The number of hydrogen-bond acceptors (Lipinski definition) is 3. The molecule has 2 aromatic rings. The summed E-state index contributed by atoms with van der Waals surface area (Å²) in [7, 11) is 0. The molecular formula is C20H20Cl2FNO3. The smallest absolute Gasteiger partial charge is 0.257 e. The lowest BCUT2D eigenvalue weighted by Gasteiger charge is -2.38. The van der Waals surface area contributed by atoms with E-state index in [1.54, 1.807) is 30.3 Å². The molecule has 7 heteroatoms. The molecule has 0 bridgehead atoms. The number of benzene rings is 2. The normalized spacial score (nSPS) is 16.0. The third kappa shape index (κ3) is 5.12. The van der Waals surface area contributed by atoms with E-state index in [-0.39, 0.29) is 23.7 Å². The van der Waals surface area contributed by atoms with Crippen LogP contribution in [0.4, 0.5) is 4.39 Å². The summed E-state index contributed by atoms with van der Waals surface area (Å²) in [5.41, 5.74) is 0.716. The van der Waals surface area contributed by atoms with Crippen molar-refractivity contribution < 1.29 is 18.7 Å². The lowest BCUT2D eigenvalue weighted by atomic mass is 9.74. The number of rotatable bonds is 6. The highest BCUT2D eigenvalue weighted by molar-refractivity contribution is 6.35. The Hall–Kier alpha value is -1.82. The van der Waals surface area contributed by atoms with Gasteiger partial charge in [0.15, 0.2) is 6.61 Å². The summed E-state index contributed by atoms with van der Waals surface area (Å²) >= 11 is 11.9. The van der Waals surface area contributed by atoms with Crippen molar-refractivity contribution in [2.45, 2.75) is 18.3 Å². The molecule has 1 heterocycles. The number of ether oxygens (including phenoxy) is 2. The molecule has 0 aromatic heterocycles. The molecule has 1 N–H and O–H groups in total. The number of carbonyl (C=O) groups is 1. The molecular weight excluding hydrogens is 392 g/mol. The van der Waals surface area contributed by atoms with Gasteiger partial charge in [-0.15, -0.1) is 0 Å². The van der Waals surface area contributed by atoms with Gasteiger partial charge in [0, 0.05) is 30.2 Å². The lowest BCUT2D eigenvalue weighted by molar-refractivity contribution is -0.123. The Bertz CT molecular complexity index is 792. The monoisotopic (exact) mass is 411 g/mol. The summed E-state index contributed by atoms with van der Waals surface area (Å²) in [6, 6.07) is 11.3. The van der Waals surface area contributed by atoms with Crippen molar-refractivity contribution in [1.29, 1.82) is 0 Å². The van der Waals surface area contributed by atoms with E-state index in [0.717, 1.165) is 18.4 Å². The molecule has 1 fully saturated rings. The van der Waals surface area contributed by atoms with Crippen molar-refractivity contribution in [3.8, 4) is 5.75 Å². The highest BCUT2D eigenvalue weighted by Gasteiger charge is 2.34. The maximum atomic E-state index is 13.3. The first-order valence-corrected chi connectivity index (χ1v) is 9.42. The van der Waals surface area contributed by atoms with Crippen molar-refractivity contribution >= 4 is 29.1 Å². The van der Waals surface area contributed by atoms with Gasteiger partial charge in [-0.25, -0.2) is 4.39 Å². The number of nitrogens with one attached hydrogen (secondary N) is 1. The number of halogens is 3. The molecule has 1 aliphatic heterocycles. The molecule has 1 amide bonds. The fraction of sp³-hybridized carbons (Fsp3) is 0.350. The fourth-order valence-corrected chi connectivity index (χ4v) is 3.65. The molecule has 0 atom stereocenters. The number of carbonyl (C=O) groups excluding carboxylic acids is 1. The predicted octanol–water partition coefficient (Wildman–Crippen LogP) is 4.38. The standard InChI is InChI=1S/C20H20Cl2FNO3/c21-15-3-6-18(17(22)11-15)27-12-19(25)24-13-20(7-9-26-10-8-20)14-1-4-16(23)5-2-14/h1-6,11H,7-10,12-13H2,(H,24,25). The quantitative estimate of drug-likeness (QED) is 0.767. The highest BCUT2D eigenvalue weighted by Crippen LogP contribution is 2.34. The van der Waals surface area contributed by atoms with Gasteiger partial charge in [0.1, 0.15) is 11.6 Å². The van der Waals surface area contributed by atoms with Crippen LogP contribution in [-0.4, -0.2) is 32.3 Å². The summed E-state index contributed by atoms with van der Waals surface area (Å²) in [6.45, 7) is 1.48. The zero-order chi connectivity index (χ0) is 19.3. The van der Waals surface area contributed by atoms with Crippen LogP contribution >= 0.6 is 23.2 Å². The first-order chi connectivity index (χ1) is 13.0. The third-order valence-electron chi connectivity index (χ3n) is 4.78. The second-order valence-corrected chi connectivity index (χ2v) is 7.38. The second-order valence-electron chi connectivity index (χ2n) is 6.54. The zero-order valence-corrected chi connectivity index (χ0v) is 16.2. The van der Waals surface area contributed by atoms with E-state index in [2.05, 4.69) is 5.32 Å². The van der Waals surface area contributed by atoms with E-state index in [0.29, 0.717) is 35.6 Å². The van der Waals surface area contributed by atoms with Crippen molar-refractivity contribution in [3.63, 3.8) is 0 Å². The van der Waals surface area contributed by atoms with Crippen LogP contribution in [-0.2, 0) is 14.9 Å². The number of hydrogen-bond donors (Lipinski definition) is 1. The van der Waals surface area contributed by atoms with Crippen LogP contribution in [0.3, 0.4) is 0 Å². The minimum Gasteiger partial charge on any atom is -0.482 e. The molecule has 27 heavy (non-hydrogen) atoms. The third-order valence-corrected chi connectivity index (χ3v) is 5.31. The van der Waals surface area contributed by atoms with E-state index in [1.165, 1.54) is 12.1 Å². The summed E-state index contributed by atoms with van der Waals surface area (Å²) in [6.07, 6.45) is 1.51. The van der Waals surface area contributed by atoms with Crippen LogP contribution in [0, 0.1) is 5.82 Å². The molecule has 3 rings (SSSR count). The van der Waals surface area contributed by atoms with Crippen molar-refractivity contribution in [2.24, 2.45) is 0 Å². The van der Waals surface area contributed by atoms with Crippen molar-refractivity contribution in [2.75, 3.05) is 26.4 Å². The Morgan fingerprint density at radius 3 is 2.52 bits per heavy atom. The molecule has 1 saturated heterocycles. The average molecular weight is 412 g/mol. The minimum atomic E-state index is -0.279. The van der Waals surface area contributed by atoms with E-state index in [4.69, 9.17) is 32.7 Å². The van der Waals surface area contributed by atoms with E-state index in [1.807, 2.05) is 0 Å². The van der Waals surface area contributed by atoms with Gasteiger partial charge in [0.05, 0.1) is 5.02 Å². The first kappa shape index (κ1) is 19.9. The summed E-state index contributed by atoms with van der Waals surface area (Å²) in [5, 5.41) is 3.77. The average Bonchev–Trinajstić information content (AvgIpc) is 2.67. The van der Waals surface area contributed by atoms with Gasteiger partial charge in [-0.3, -0.25) is 4.79 Å². The molecule has 0 saturated carbocycles. The minimum absolute atomic E-state index is 0.155. The lowest BCUT2D eigenvalue weighted by Crippen LogP contribution is -2.45. The summed E-state index contributed by atoms with van der Waals surface area (Å²) in [4.78, 5) is 12.3. The Morgan fingerprint density at radius 1 is 1.15 bits per heavy atom. The molecule has 0 aliphatic carbocycles. The highest BCUT2D eigenvalue weighted by atomic mass is 35.5. The molecule has 2 aromatic carbocycles. The first-order valence-electron chi connectivity index (χ1n) is 8.67. The molecule has 0 unspecified atom stereocenters. The largest absolute Gasteiger partial charge is 0.482 e. The van der Waals surface area contributed by atoms with E-state index < -0.39 is 0 Å². The van der Waals surface area contributed by atoms with Crippen LogP contribution in [0.2, 0.25) is 10.0 Å². The Kier molecular flexibility index (Phi) is 6.58. The van der Waals surface area contributed by atoms with Crippen LogP contribution in [0.1, 0.15) is 18.4 Å². The van der Waals surface area contributed by atoms with Gasteiger partial charge in [-0.1, -0.05) is 35.3 Å². The van der Waals surface area contributed by atoms with Crippen LogP contribution in [0.15, 0.2) is 42.5 Å².